The van der Waals surface area contributed by atoms with Crippen molar-refractivity contribution in [3.63, 3.8) is 0 Å². The molecule has 0 saturated carbocycles. The van der Waals surface area contributed by atoms with Crippen LogP contribution < -0.4 is 5.56 Å². The summed E-state index contributed by atoms with van der Waals surface area (Å²) in [7, 11) is 0. The molecule has 0 unspecified atom stereocenters. The monoisotopic (exact) mass is 362 g/mol. The van der Waals surface area contributed by atoms with Gasteiger partial charge in [0.05, 0.1) is 27.5 Å². The Morgan fingerprint density at radius 2 is 1.92 bits per heavy atom. The molecule has 0 radical (unpaired) electrons. The number of aromatic nitrogens is 4. The predicted molar refractivity (Wildman–Crippen MR) is 90.6 cm³/mol. The van der Waals surface area contributed by atoms with Crippen molar-refractivity contribution in [1.82, 2.24) is 19.2 Å². The van der Waals surface area contributed by atoms with E-state index in [1.165, 1.54) is 22.8 Å². The van der Waals surface area contributed by atoms with Crippen LogP contribution in [-0.2, 0) is 5.88 Å². The Morgan fingerprint density at radius 1 is 1.12 bits per heavy atom. The number of nitrogens with zero attached hydrogens (tertiary/aromatic N) is 4. The van der Waals surface area contributed by atoms with Crippen molar-refractivity contribution in [3.8, 4) is 5.69 Å². The molecule has 2 aromatic heterocycles. The zero-order valence-electron chi connectivity index (χ0n) is 12.1. The van der Waals surface area contributed by atoms with Gasteiger partial charge in [0.15, 0.2) is 5.82 Å². The van der Waals surface area contributed by atoms with Crippen LogP contribution in [0.25, 0.3) is 22.4 Å². The van der Waals surface area contributed by atoms with E-state index in [2.05, 4.69) is 10.2 Å². The van der Waals surface area contributed by atoms with Crippen molar-refractivity contribution in [1.29, 1.82) is 0 Å². The van der Waals surface area contributed by atoms with Crippen molar-refractivity contribution in [2.45, 2.75) is 5.88 Å². The predicted octanol–water partition coefficient (Wildman–Crippen LogP) is 3.56. The van der Waals surface area contributed by atoms with Gasteiger partial charge in [0.2, 0.25) is 5.78 Å². The van der Waals surface area contributed by atoms with Crippen LogP contribution >= 0.6 is 23.2 Å². The number of para-hydroxylation sites is 1. The lowest BCUT2D eigenvalue weighted by atomic mass is 10.2. The third kappa shape index (κ3) is 2.11. The van der Waals surface area contributed by atoms with Crippen LogP contribution in [0.4, 0.5) is 4.39 Å². The SMILES string of the molecule is O=c1c2ccccc2n2c(CCl)nnc2n1-c1ccc(F)c(Cl)c1. The number of alkyl halides is 1. The fourth-order valence-corrected chi connectivity index (χ4v) is 3.05. The van der Waals surface area contributed by atoms with Gasteiger partial charge in [0.1, 0.15) is 5.82 Å². The minimum absolute atomic E-state index is 0.0807. The molecule has 0 aliphatic carbocycles. The van der Waals surface area contributed by atoms with Crippen molar-refractivity contribution >= 4 is 39.9 Å². The van der Waals surface area contributed by atoms with Crippen molar-refractivity contribution in [2.24, 2.45) is 0 Å². The van der Waals surface area contributed by atoms with Gasteiger partial charge >= 0.3 is 0 Å². The molecular formula is C16H9Cl2FN4O. The number of rotatable bonds is 2. The van der Waals surface area contributed by atoms with Crippen LogP contribution in [0.2, 0.25) is 5.02 Å². The Morgan fingerprint density at radius 3 is 2.67 bits per heavy atom. The zero-order valence-corrected chi connectivity index (χ0v) is 13.6. The fourth-order valence-electron chi connectivity index (χ4n) is 2.70. The molecule has 0 fully saturated rings. The fraction of sp³-hybridized carbons (Fsp3) is 0.0625. The quantitative estimate of drug-likeness (QED) is 0.512. The number of hydrogen-bond donors (Lipinski definition) is 0. The van der Waals surface area contributed by atoms with Gasteiger partial charge in [0.25, 0.3) is 5.56 Å². The summed E-state index contributed by atoms with van der Waals surface area (Å²) in [5, 5.41) is 8.52. The van der Waals surface area contributed by atoms with E-state index >= 15 is 0 Å². The minimum Gasteiger partial charge on any atom is -0.268 e. The molecule has 0 aliphatic heterocycles. The van der Waals surface area contributed by atoms with E-state index in [0.717, 1.165) is 0 Å². The molecule has 0 aliphatic rings. The summed E-state index contributed by atoms with van der Waals surface area (Å²) in [6.45, 7) is 0. The first-order valence-electron chi connectivity index (χ1n) is 7.01. The summed E-state index contributed by atoms with van der Waals surface area (Å²) >= 11 is 11.8. The zero-order chi connectivity index (χ0) is 16.8. The van der Waals surface area contributed by atoms with Crippen LogP contribution in [0, 0.1) is 5.82 Å². The van der Waals surface area contributed by atoms with E-state index < -0.39 is 5.82 Å². The van der Waals surface area contributed by atoms with E-state index in [4.69, 9.17) is 23.2 Å². The Hall–Kier alpha value is -2.44. The molecule has 24 heavy (non-hydrogen) atoms. The first-order valence-corrected chi connectivity index (χ1v) is 7.92. The van der Waals surface area contributed by atoms with Gasteiger partial charge in [-0.2, -0.15) is 0 Å². The van der Waals surface area contributed by atoms with Gasteiger partial charge in [-0.1, -0.05) is 23.7 Å². The van der Waals surface area contributed by atoms with Gasteiger partial charge < -0.3 is 0 Å². The van der Waals surface area contributed by atoms with E-state index in [1.807, 2.05) is 6.07 Å². The van der Waals surface area contributed by atoms with Crippen LogP contribution in [0.1, 0.15) is 5.82 Å². The molecule has 0 N–H and O–H groups in total. The van der Waals surface area contributed by atoms with Crippen LogP contribution in [-0.4, -0.2) is 19.2 Å². The number of fused-ring (bicyclic) bond motifs is 3. The summed E-state index contributed by atoms with van der Waals surface area (Å²) in [6, 6.07) is 11.1. The van der Waals surface area contributed by atoms with Crippen LogP contribution in [0.3, 0.4) is 0 Å². The van der Waals surface area contributed by atoms with Crippen molar-refractivity contribution < 1.29 is 4.39 Å². The molecule has 0 amide bonds. The largest absolute Gasteiger partial charge is 0.268 e. The Labute approximate surface area is 144 Å². The van der Waals surface area contributed by atoms with Crippen LogP contribution in [0.5, 0.6) is 0 Å². The van der Waals surface area contributed by atoms with Gasteiger partial charge in [-0.25, -0.2) is 8.96 Å². The lowest BCUT2D eigenvalue weighted by Gasteiger charge is -2.11. The Kier molecular flexibility index (Phi) is 3.51. The van der Waals surface area contributed by atoms with Crippen molar-refractivity contribution in [2.75, 3.05) is 0 Å². The molecule has 5 nitrogen and oxygen atoms in total. The Bertz CT molecular complexity index is 1150. The number of benzene rings is 2. The summed E-state index contributed by atoms with van der Waals surface area (Å²) in [4.78, 5) is 12.9. The molecule has 0 spiro atoms. The molecule has 4 aromatic rings. The van der Waals surface area contributed by atoms with E-state index in [-0.39, 0.29) is 22.2 Å². The first-order chi connectivity index (χ1) is 11.6. The molecule has 0 atom stereocenters. The summed E-state index contributed by atoms with van der Waals surface area (Å²) in [5.41, 5.74) is 0.757. The highest BCUT2D eigenvalue weighted by Gasteiger charge is 2.17. The maximum Gasteiger partial charge on any atom is 0.267 e. The number of hydrogen-bond acceptors (Lipinski definition) is 3. The normalized spacial score (nSPS) is 11.5. The lowest BCUT2D eigenvalue weighted by Crippen LogP contribution is -2.22. The maximum absolute atomic E-state index is 13.5. The van der Waals surface area contributed by atoms with Crippen molar-refractivity contribution in [3.05, 3.63) is 69.5 Å². The highest BCUT2D eigenvalue weighted by molar-refractivity contribution is 6.30. The van der Waals surface area contributed by atoms with Crippen LogP contribution in [0.15, 0.2) is 47.3 Å². The molecule has 2 heterocycles. The minimum atomic E-state index is -0.562. The molecule has 8 heteroatoms. The van der Waals surface area contributed by atoms with E-state index in [9.17, 15) is 9.18 Å². The second-order valence-corrected chi connectivity index (χ2v) is 5.82. The first kappa shape index (κ1) is 15.1. The highest BCUT2D eigenvalue weighted by atomic mass is 35.5. The van der Waals surface area contributed by atoms with Gasteiger partial charge in [0, 0.05) is 0 Å². The second-order valence-electron chi connectivity index (χ2n) is 5.14. The summed E-state index contributed by atoms with van der Waals surface area (Å²) in [6.07, 6.45) is 0. The van der Waals surface area contributed by atoms with Gasteiger partial charge in [-0.3, -0.25) is 9.20 Å². The molecular weight excluding hydrogens is 354 g/mol. The summed E-state index contributed by atoms with van der Waals surface area (Å²) < 4.78 is 16.5. The topological polar surface area (TPSA) is 52.2 Å². The van der Waals surface area contributed by atoms with E-state index in [0.29, 0.717) is 22.4 Å². The smallest absolute Gasteiger partial charge is 0.267 e. The molecule has 2 aromatic carbocycles. The molecule has 120 valence electrons. The van der Waals surface area contributed by atoms with Gasteiger partial charge in [-0.15, -0.1) is 21.8 Å². The third-order valence-electron chi connectivity index (χ3n) is 3.77. The second kappa shape index (κ2) is 5.58. The van der Waals surface area contributed by atoms with E-state index in [1.54, 1.807) is 22.6 Å². The molecule has 4 rings (SSSR count). The molecule has 0 saturated heterocycles. The highest BCUT2D eigenvalue weighted by Crippen LogP contribution is 2.22. The average Bonchev–Trinajstić information content (AvgIpc) is 3.02. The van der Waals surface area contributed by atoms with Gasteiger partial charge in [-0.05, 0) is 30.3 Å². The number of halogens is 3. The summed E-state index contributed by atoms with van der Waals surface area (Å²) in [5.74, 6) is 0.364. The standard InChI is InChI=1S/C16H9Cl2FN4O/c17-8-14-20-21-16-22(9-5-6-12(19)11(18)7-9)15(24)10-3-1-2-4-13(10)23(14)16/h1-7H,8H2. The molecule has 0 bridgehead atoms. The third-order valence-corrected chi connectivity index (χ3v) is 4.30. The maximum atomic E-state index is 13.5. The Balaban J connectivity index is 2.22. The average molecular weight is 363 g/mol. The lowest BCUT2D eigenvalue weighted by molar-refractivity contribution is 0.628.